The zero-order valence-corrected chi connectivity index (χ0v) is 28.3. The van der Waals surface area contributed by atoms with Crippen molar-refractivity contribution in [2.75, 3.05) is 13.2 Å². The zero-order valence-electron chi connectivity index (χ0n) is 27.5. The number of sulfonamides is 1. The van der Waals surface area contributed by atoms with Crippen LogP contribution in [0.25, 0.3) is 6.08 Å². The third kappa shape index (κ3) is 7.31. The van der Waals surface area contributed by atoms with Crippen LogP contribution in [0.2, 0.25) is 0 Å². The molecule has 6 rings (SSSR count). The molecule has 1 saturated heterocycles. The first kappa shape index (κ1) is 34.5. The Balaban J connectivity index is 1.26. The number of nitrogens with zero attached hydrogens (tertiary/aromatic N) is 2. The minimum absolute atomic E-state index is 0.0696. The van der Waals surface area contributed by atoms with Gasteiger partial charge in [-0.1, -0.05) is 56.2 Å². The number of benzene rings is 1. The van der Waals surface area contributed by atoms with Gasteiger partial charge in [0.15, 0.2) is 0 Å². The third-order valence-corrected chi connectivity index (χ3v) is 11.7. The molecule has 5 atom stereocenters. The number of alkyl carbamates (subject to hydrolysis) is 1. The van der Waals surface area contributed by atoms with Gasteiger partial charge in [-0.15, -0.1) is 6.58 Å². The summed E-state index contributed by atoms with van der Waals surface area (Å²) in [6.07, 6.45) is 6.04. The Morgan fingerprint density at radius 3 is 2.69 bits per heavy atom. The second-order valence-corrected chi connectivity index (χ2v) is 15.4. The summed E-state index contributed by atoms with van der Waals surface area (Å²) in [4.78, 5) is 70.6. The standard InChI is InChI=1S/C34H43N5O9S/c1-3-5-12-27-30(41)39-19-24(16-28(39)29(40)36-34(17-23(34)4-2)31(42)37-49(45,46)25-13-14-25)48-33(44)38-18-22-11-8-10-21(26(22)20-38)9-6-7-15-47-32(43)35-27/h4,6,8-11,23-25,27-28H,2-3,5,7,12-20H2,1H3,(H,35,43)(H,36,40)(H,37,42)/b9-6+/t23-,24+,27-,28-,34+/m0/s1. The highest BCUT2D eigenvalue weighted by molar-refractivity contribution is 7.91. The summed E-state index contributed by atoms with van der Waals surface area (Å²) in [7, 11) is -3.90. The number of carbonyl (C=O) groups excluding carboxylic acids is 5. The van der Waals surface area contributed by atoms with Crippen molar-refractivity contribution in [2.24, 2.45) is 5.92 Å². The Labute approximate surface area is 285 Å². The van der Waals surface area contributed by atoms with Gasteiger partial charge in [0.25, 0.3) is 5.91 Å². The van der Waals surface area contributed by atoms with Gasteiger partial charge in [0.2, 0.25) is 21.8 Å². The summed E-state index contributed by atoms with van der Waals surface area (Å²) < 4.78 is 38.6. The molecule has 2 saturated carbocycles. The molecule has 0 spiro atoms. The Morgan fingerprint density at radius 1 is 1.18 bits per heavy atom. The van der Waals surface area contributed by atoms with Crippen LogP contribution in [0.3, 0.4) is 0 Å². The van der Waals surface area contributed by atoms with E-state index in [0.717, 1.165) is 23.1 Å². The molecule has 3 aliphatic heterocycles. The fourth-order valence-corrected chi connectivity index (χ4v) is 8.19. The predicted octanol–water partition coefficient (Wildman–Crippen LogP) is 2.48. The Morgan fingerprint density at radius 2 is 1.98 bits per heavy atom. The first-order valence-corrected chi connectivity index (χ1v) is 18.5. The number of carbonyl (C=O) groups is 5. The highest BCUT2D eigenvalue weighted by atomic mass is 32.2. The topological polar surface area (TPSA) is 181 Å². The van der Waals surface area contributed by atoms with Crippen LogP contribution in [0.1, 0.15) is 75.0 Å². The predicted molar refractivity (Wildman–Crippen MR) is 177 cm³/mol. The third-order valence-electron chi connectivity index (χ3n) is 9.89. The lowest BCUT2D eigenvalue weighted by Gasteiger charge is -2.29. The molecule has 3 N–H and O–H groups in total. The van der Waals surface area contributed by atoms with Crippen LogP contribution in [0, 0.1) is 5.92 Å². The van der Waals surface area contributed by atoms with Crippen LogP contribution in [0.4, 0.5) is 9.59 Å². The SMILES string of the molecule is C=C[C@H]1C[C@]1(NC(=O)[C@@H]1C[C@@H]2CN1C(=O)[C@H](CCCC)NC(=O)OCC/C=C/c1cccc3c1CN(C3)C(=O)O2)C(=O)NS(=O)(=O)C1CC1. The zero-order chi connectivity index (χ0) is 34.9. The molecule has 49 heavy (non-hydrogen) atoms. The van der Waals surface area contributed by atoms with Crippen molar-refractivity contribution in [1.82, 2.24) is 25.2 Å². The first-order chi connectivity index (χ1) is 23.5. The van der Waals surface area contributed by atoms with Gasteiger partial charge in [0, 0.05) is 18.9 Å². The van der Waals surface area contributed by atoms with Crippen molar-refractivity contribution >= 4 is 46.0 Å². The summed E-state index contributed by atoms with van der Waals surface area (Å²) in [5.74, 6) is -2.66. The summed E-state index contributed by atoms with van der Waals surface area (Å²) in [6, 6.07) is 3.58. The number of rotatable bonds is 9. The maximum Gasteiger partial charge on any atom is 0.410 e. The molecule has 5 amide bonds. The van der Waals surface area contributed by atoms with E-state index in [1.165, 1.54) is 11.0 Å². The second kappa shape index (κ2) is 13.8. The minimum Gasteiger partial charge on any atom is -0.449 e. The number of hydrogen-bond donors (Lipinski definition) is 3. The summed E-state index contributed by atoms with van der Waals surface area (Å²) in [5.41, 5.74) is 1.32. The highest BCUT2D eigenvalue weighted by Crippen LogP contribution is 2.45. The van der Waals surface area contributed by atoms with Gasteiger partial charge >= 0.3 is 12.2 Å². The highest BCUT2D eigenvalue weighted by Gasteiger charge is 2.62. The van der Waals surface area contributed by atoms with Gasteiger partial charge in [-0.2, -0.15) is 0 Å². The van der Waals surface area contributed by atoms with Gasteiger partial charge in [-0.3, -0.25) is 24.0 Å². The van der Waals surface area contributed by atoms with Crippen LogP contribution in [0.15, 0.2) is 36.9 Å². The molecule has 3 heterocycles. The molecule has 4 bridgehead atoms. The number of nitrogens with one attached hydrogen (secondary N) is 3. The first-order valence-electron chi connectivity index (χ1n) is 16.9. The van der Waals surface area contributed by atoms with E-state index < -0.39 is 74.8 Å². The van der Waals surface area contributed by atoms with Crippen molar-refractivity contribution in [3.63, 3.8) is 0 Å². The molecule has 14 nitrogen and oxygen atoms in total. The van der Waals surface area contributed by atoms with Gasteiger partial charge in [0.05, 0.1) is 24.9 Å². The van der Waals surface area contributed by atoms with Crippen LogP contribution in [-0.2, 0) is 47.0 Å². The maximum atomic E-state index is 14.1. The van der Waals surface area contributed by atoms with Crippen molar-refractivity contribution in [3.8, 4) is 0 Å². The van der Waals surface area contributed by atoms with Crippen molar-refractivity contribution < 1.29 is 41.9 Å². The lowest BCUT2D eigenvalue weighted by atomic mass is 10.0. The maximum absolute atomic E-state index is 14.1. The van der Waals surface area contributed by atoms with E-state index in [0.29, 0.717) is 38.8 Å². The summed E-state index contributed by atoms with van der Waals surface area (Å²) in [5, 5.41) is 4.74. The number of fused-ring (bicyclic) bond motifs is 3. The van der Waals surface area contributed by atoms with Crippen molar-refractivity contribution in [3.05, 3.63) is 53.6 Å². The van der Waals surface area contributed by atoms with E-state index >= 15 is 0 Å². The average molecular weight is 698 g/mol. The molecule has 0 radical (unpaired) electrons. The van der Waals surface area contributed by atoms with Crippen molar-refractivity contribution in [1.29, 1.82) is 0 Å². The van der Waals surface area contributed by atoms with Crippen LogP contribution in [0.5, 0.6) is 0 Å². The smallest absolute Gasteiger partial charge is 0.410 e. The van der Waals surface area contributed by atoms with Gasteiger partial charge < -0.3 is 25.0 Å². The molecule has 3 fully saturated rings. The van der Waals surface area contributed by atoms with E-state index in [4.69, 9.17) is 9.47 Å². The van der Waals surface area contributed by atoms with Gasteiger partial charge in [-0.05, 0) is 48.8 Å². The summed E-state index contributed by atoms with van der Waals surface area (Å²) >= 11 is 0. The van der Waals surface area contributed by atoms with Crippen LogP contribution in [-0.4, -0.2) is 90.3 Å². The van der Waals surface area contributed by atoms with E-state index in [-0.39, 0.29) is 32.4 Å². The molecule has 5 aliphatic rings. The lowest BCUT2D eigenvalue weighted by molar-refractivity contribution is -0.141. The Hall–Kier alpha value is -4.40. The number of cyclic esters (lactones) is 1. The lowest BCUT2D eigenvalue weighted by Crippen LogP contribution is -2.58. The van der Waals surface area contributed by atoms with E-state index in [1.54, 1.807) is 4.90 Å². The number of amides is 5. The molecular weight excluding hydrogens is 654 g/mol. The number of ether oxygens (including phenoxy) is 2. The monoisotopic (exact) mass is 697 g/mol. The molecule has 1 aromatic rings. The Bertz CT molecular complexity index is 1680. The van der Waals surface area contributed by atoms with Gasteiger partial charge in [-0.25, -0.2) is 18.0 Å². The van der Waals surface area contributed by atoms with Crippen molar-refractivity contribution in [2.45, 2.75) is 100 Å². The molecule has 0 unspecified atom stereocenters. The number of hydrogen-bond acceptors (Lipinski definition) is 9. The largest absolute Gasteiger partial charge is 0.449 e. The summed E-state index contributed by atoms with van der Waals surface area (Å²) in [6.45, 7) is 6.27. The molecule has 15 heteroatoms. The van der Waals surface area contributed by atoms with E-state index in [2.05, 4.69) is 21.9 Å². The minimum atomic E-state index is -3.90. The van der Waals surface area contributed by atoms with Crippen LogP contribution >= 0.6 is 0 Å². The average Bonchev–Trinajstić information content (AvgIpc) is 3.96. The molecule has 1 aromatic carbocycles. The van der Waals surface area contributed by atoms with E-state index in [1.807, 2.05) is 37.3 Å². The quantitative estimate of drug-likeness (QED) is 0.327. The molecule has 0 aromatic heterocycles. The molecular formula is C34H43N5O9S. The van der Waals surface area contributed by atoms with Crippen LogP contribution < -0.4 is 15.4 Å². The molecule has 264 valence electrons. The van der Waals surface area contributed by atoms with Gasteiger partial charge in [0.1, 0.15) is 23.7 Å². The fraction of sp³-hybridized carbons (Fsp3) is 0.559. The normalized spacial score (nSPS) is 29.1. The Kier molecular flexibility index (Phi) is 9.74. The van der Waals surface area contributed by atoms with E-state index in [9.17, 15) is 32.4 Å². The molecule has 2 aliphatic carbocycles. The fourth-order valence-electron chi connectivity index (χ4n) is 6.82. The second-order valence-electron chi connectivity index (χ2n) is 13.4. The number of unbranched alkanes of at least 4 members (excludes halogenated alkanes) is 1.